The Morgan fingerprint density at radius 3 is 2.69 bits per heavy atom. The number of amides is 2. The number of aryl methyl sites for hydroxylation is 1. The molecule has 2 aromatic carbocycles. The summed E-state index contributed by atoms with van der Waals surface area (Å²) in [7, 11) is 0. The van der Waals surface area contributed by atoms with Gasteiger partial charge in [-0.25, -0.2) is 0 Å². The largest absolute Gasteiger partial charge is 0.487 e. The van der Waals surface area contributed by atoms with Crippen molar-refractivity contribution < 1.29 is 18.7 Å². The second kappa shape index (κ2) is 11.1. The van der Waals surface area contributed by atoms with Gasteiger partial charge in [0.25, 0.3) is 11.8 Å². The van der Waals surface area contributed by atoms with Gasteiger partial charge in [0.2, 0.25) is 0 Å². The van der Waals surface area contributed by atoms with Gasteiger partial charge in [0, 0.05) is 18.3 Å². The van der Waals surface area contributed by atoms with Crippen molar-refractivity contribution in [3.63, 3.8) is 0 Å². The molecule has 0 aliphatic carbocycles. The Labute approximate surface area is 211 Å². The highest BCUT2D eigenvalue weighted by molar-refractivity contribution is 6.42. The van der Waals surface area contributed by atoms with Crippen LogP contribution in [0.2, 0.25) is 10.0 Å². The Hall–Kier alpha value is -3.75. The van der Waals surface area contributed by atoms with Gasteiger partial charge in [0.1, 0.15) is 23.1 Å². The quantitative estimate of drug-likeness (QED) is 0.305. The number of halogens is 2. The first-order valence-corrected chi connectivity index (χ1v) is 11.5. The second-order valence-electron chi connectivity index (χ2n) is 7.50. The van der Waals surface area contributed by atoms with Crippen molar-refractivity contribution in [2.24, 2.45) is 0 Å². The lowest BCUT2D eigenvalue weighted by atomic mass is 10.1. The Kier molecular flexibility index (Phi) is 7.74. The second-order valence-corrected chi connectivity index (χ2v) is 8.29. The van der Waals surface area contributed by atoms with E-state index in [1.165, 1.54) is 6.26 Å². The lowest BCUT2D eigenvalue weighted by Crippen LogP contribution is -2.25. The van der Waals surface area contributed by atoms with Crippen LogP contribution >= 0.6 is 23.2 Å². The zero-order valence-corrected chi connectivity index (χ0v) is 20.3. The molecule has 180 valence electrons. The van der Waals surface area contributed by atoms with Gasteiger partial charge in [-0.3, -0.25) is 14.3 Å². The van der Waals surface area contributed by atoms with Gasteiger partial charge in [-0.05, 0) is 48.9 Å². The summed E-state index contributed by atoms with van der Waals surface area (Å²) >= 11 is 12.2. The van der Waals surface area contributed by atoms with E-state index in [0.717, 1.165) is 5.56 Å². The molecule has 0 saturated carbocycles. The van der Waals surface area contributed by atoms with Gasteiger partial charge in [0.05, 0.1) is 23.5 Å². The lowest BCUT2D eigenvalue weighted by Gasteiger charge is -2.10. The summed E-state index contributed by atoms with van der Waals surface area (Å²) in [6.45, 7) is 2.82. The molecule has 0 fully saturated rings. The topological polar surface area (TPSA) is 98.4 Å². The maximum absolute atomic E-state index is 13.0. The average Bonchev–Trinajstić information content (AvgIpc) is 3.53. The van der Waals surface area contributed by atoms with Crippen molar-refractivity contribution in [3.05, 3.63) is 99.7 Å². The summed E-state index contributed by atoms with van der Waals surface area (Å²) in [5.74, 6) is 0.246. The highest BCUT2D eigenvalue weighted by Crippen LogP contribution is 2.32. The van der Waals surface area contributed by atoms with Crippen molar-refractivity contribution in [2.45, 2.75) is 26.6 Å². The maximum Gasteiger partial charge on any atom is 0.274 e. The van der Waals surface area contributed by atoms with E-state index in [-0.39, 0.29) is 24.8 Å². The number of ether oxygens (including phenoxy) is 1. The first-order valence-electron chi connectivity index (χ1n) is 10.8. The van der Waals surface area contributed by atoms with Crippen LogP contribution in [0.25, 0.3) is 0 Å². The molecule has 2 amide bonds. The molecule has 10 heteroatoms. The fourth-order valence-electron chi connectivity index (χ4n) is 3.26. The molecule has 0 aliphatic heterocycles. The van der Waals surface area contributed by atoms with Crippen LogP contribution in [0.5, 0.6) is 5.75 Å². The maximum atomic E-state index is 13.0. The summed E-state index contributed by atoms with van der Waals surface area (Å²) in [6, 6.07) is 15.6. The number of benzene rings is 2. The van der Waals surface area contributed by atoms with Crippen molar-refractivity contribution in [1.29, 1.82) is 0 Å². The zero-order chi connectivity index (χ0) is 24.8. The number of aromatic nitrogens is 2. The number of anilines is 1. The SMILES string of the molecule is CCn1cc(NC(=O)c2cccc(COc3cccc(Cl)c3Cl)c2)c(C(=O)NCc2ccco2)n1. The standard InChI is InChI=1S/C25H22Cl2N4O4/c1-2-31-14-20(23(30-31)25(33)28-13-18-8-5-11-34-18)29-24(32)17-7-3-6-16(12-17)15-35-21-10-4-9-19(26)22(21)27/h3-12,14H,2,13,15H2,1H3,(H,28,33)(H,29,32). The van der Waals surface area contributed by atoms with E-state index in [9.17, 15) is 9.59 Å². The Bertz CT molecular complexity index is 1340. The molecule has 0 bridgehead atoms. The molecular weight excluding hydrogens is 491 g/mol. The van der Waals surface area contributed by atoms with Crippen LogP contribution in [0.3, 0.4) is 0 Å². The molecule has 2 aromatic heterocycles. The summed E-state index contributed by atoms with van der Waals surface area (Å²) in [5.41, 5.74) is 1.58. The zero-order valence-electron chi connectivity index (χ0n) is 18.8. The lowest BCUT2D eigenvalue weighted by molar-refractivity contribution is 0.0943. The minimum atomic E-state index is -0.426. The molecule has 0 spiro atoms. The predicted octanol–water partition coefficient (Wildman–Crippen LogP) is 5.56. The van der Waals surface area contributed by atoms with Gasteiger partial charge >= 0.3 is 0 Å². The van der Waals surface area contributed by atoms with E-state index >= 15 is 0 Å². The molecule has 35 heavy (non-hydrogen) atoms. The van der Waals surface area contributed by atoms with E-state index in [2.05, 4.69) is 15.7 Å². The Morgan fingerprint density at radius 2 is 1.91 bits per heavy atom. The molecule has 0 radical (unpaired) electrons. The predicted molar refractivity (Wildman–Crippen MR) is 133 cm³/mol. The molecule has 0 aliphatic rings. The molecule has 0 unspecified atom stereocenters. The number of hydrogen-bond donors (Lipinski definition) is 2. The molecular formula is C25H22Cl2N4O4. The molecule has 0 atom stereocenters. The molecule has 4 rings (SSSR count). The van der Waals surface area contributed by atoms with E-state index in [1.807, 2.05) is 13.0 Å². The van der Waals surface area contributed by atoms with Crippen molar-refractivity contribution >= 4 is 40.7 Å². The van der Waals surface area contributed by atoms with Gasteiger partial charge < -0.3 is 19.8 Å². The van der Waals surface area contributed by atoms with Gasteiger partial charge in [-0.2, -0.15) is 5.10 Å². The fraction of sp³-hybridized carbons (Fsp3) is 0.160. The molecule has 2 heterocycles. The third-order valence-electron chi connectivity index (χ3n) is 5.05. The Balaban J connectivity index is 1.45. The fourth-order valence-corrected chi connectivity index (χ4v) is 3.61. The van der Waals surface area contributed by atoms with Crippen LogP contribution in [0.1, 0.15) is 39.1 Å². The average molecular weight is 513 g/mol. The number of carbonyl (C=O) groups is 2. The highest BCUT2D eigenvalue weighted by Gasteiger charge is 2.19. The first kappa shape index (κ1) is 24.4. The van der Waals surface area contributed by atoms with Gasteiger partial charge in [0.15, 0.2) is 5.69 Å². The Morgan fingerprint density at radius 1 is 1.09 bits per heavy atom. The summed E-state index contributed by atoms with van der Waals surface area (Å²) in [5, 5.41) is 10.5. The third-order valence-corrected chi connectivity index (χ3v) is 5.85. The monoisotopic (exact) mass is 512 g/mol. The van der Waals surface area contributed by atoms with Gasteiger partial charge in [-0.15, -0.1) is 0 Å². The molecule has 4 aromatic rings. The number of nitrogens with zero attached hydrogens (tertiary/aromatic N) is 2. The number of carbonyl (C=O) groups excluding carboxylic acids is 2. The van der Waals surface area contributed by atoms with E-state index in [0.29, 0.717) is 39.4 Å². The van der Waals surface area contributed by atoms with E-state index in [1.54, 1.807) is 59.4 Å². The van der Waals surface area contributed by atoms with Crippen LogP contribution in [0.15, 0.2) is 71.5 Å². The summed E-state index contributed by atoms with van der Waals surface area (Å²) < 4.78 is 12.6. The van der Waals surface area contributed by atoms with E-state index < -0.39 is 5.91 Å². The van der Waals surface area contributed by atoms with Crippen molar-refractivity contribution in [3.8, 4) is 5.75 Å². The molecule has 2 N–H and O–H groups in total. The van der Waals surface area contributed by atoms with Crippen molar-refractivity contribution in [2.75, 3.05) is 5.32 Å². The van der Waals surface area contributed by atoms with Crippen LogP contribution < -0.4 is 15.4 Å². The summed E-state index contributed by atoms with van der Waals surface area (Å²) in [4.78, 5) is 25.7. The third kappa shape index (κ3) is 6.03. The van der Waals surface area contributed by atoms with Gasteiger partial charge in [-0.1, -0.05) is 41.4 Å². The smallest absolute Gasteiger partial charge is 0.274 e. The van der Waals surface area contributed by atoms with Crippen LogP contribution in [0.4, 0.5) is 5.69 Å². The number of hydrogen-bond acceptors (Lipinski definition) is 5. The minimum Gasteiger partial charge on any atom is -0.487 e. The highest BCUT2D eigenvalue weighted by atomic mass is 35.5. The molecule has 0 saturated heterocycles. The van der Waals surface area contributed by atoms with Crippen LogP contribution in [0, 0.1) is 0 Å². The molecule has 8 nitrogen and oxygen atoms in total. The van der Waals surface area contributed by atoms with Crippen LogP contribution in [-0.4, -0.2) is 21.6 Å². The van der Waals surface area contributed by atoms with E-state index in [4.69, 9.17) is 32.4 Å². The minimum absolute atomic E-state index is 0.113. The first-order chi connectivity index (χ1) is 16.9. The van der Waals surface area contributed by atoms with Crippen molar-refractivity contribution in [1.82, 2.24) is 15.1 Å². The number of furan rings is 1. The normalized spacial score (nSPS) is 10.7. The van der Waals surface area contributed by atoms with Crippen LogP contribution in [-0.2, 0) is 19.7 Å². The summed E-state index contributed by atoms with van der Waals surface area (Å²) in [6.07, 6.45) is 3.15. The number of rotatable bonds is 9. The number of nitrogens with one attached hydrogen (secondary N) is 2.